The zero-order valence-electron chi connectivity index (χ0n) is 11.6. The molecule has 0 radical (unpaired) electrons. The Hall–Kier alpha value is -1.17. The van der Waals surface area contributed by atoms with Gasteiger partial charge in [0, 0.05) is 24.3 Å². The molecule has 110 valence electrons. The van der Waals surface area contributed by atoms with E-state index in [1.807, 2.05) is 42.5 Å². The third-order valence-corrected chi connectivity index (χ3v) is 5.78. The SMILES string of the molecule is CN1C(=O)C[C@H](c2ccccc2)[C@@H]1C(O)c1ccc(Br)s1. The highest BCUT2D eigenvalue weighted by Gasteiger charge is 2.43. The van der Waals surface area contributed by atoms with Crippen LogP contribution in [0.25, 0.3) is 0 Å². The number of thiophene rings is 1. The van der Waals surface area contributed by atoms with Gasteiger partial charge in [-0.1, -0.05) is 30.3 Å². The molecule has 1 aliphatic heterocycles. The number of nitrogens with zero attached hydrogens (tertiary/aromatic N) is 1. The Balaban J connectivity index is 1.94. The van der Waals surface area contributed by atoms with Gasteiger partial charge in [-0.3, -0.25) is 4.79 Å². The molecule has 1 amide bonds. The van der Waals surface area contributed by atoms with Crippen LogP contribution in [-0.4, -0.2) is 29.0 Å². The van der Waals surface area contributed by atoms with Gasteiger partial charge < -0.3 is 10.0 Å². The van der Waals surface area contributed by atoms with Crippen LogP contribution in [-0.2, 0) is 4.79 Å². The summed E-state index contributed by atoms with van der Waals surface area (Å²) in [5.41, 5.74) is 1.11. The highest BCUT2D eigenvalue weighted by atomic mass is 79.9. The minimum Gasteiger partial charge on any atom is -0.385 e. The monoisotopic (exact) mass is 365 g/mol. The lowest BCUT2D eigenvalue weighted by atomic mass is 9.88. The summed E-state index contributed by atoms with van der Waals surface area (Å²) >= 11 is 4.93. The van der Waals surface area contributed by atoms with Crippen molar-refractivity contribution in [1.29, 1.82) is 0 Å². The number of carbonyl (C=O) groups is 1. The van der Waals surface area contributed by atoms with Gasteiger partial charge in [0.1, 0.15) is 6.10 Å². The van der Waals surface area contributed by atoms with Crippen LogP contribution in [0.3, 0.4) is 0 Å². The maximum Gasteiger partial charge on any atom is 0.223 e. The number of hydrogen-bond donors (Lipinski definition) is 1. The topological polar surface area (TPSA) is 40.5 Å². The molecule has 1 fully saturated rings. The zero-order valence-corrected chi connectivity index (χ0v) is 14.0. The van der Waals surface area contributed by atoms with Crippen molar-refractivity contribution in [1.82, 2.24) is 4.90 Å². The number of carbonyl (C=O) groups excluding carboxylic acids is 1. The lowest BCUT2D eigenvalue weighted by Gasteiger charge is -2.29. The summed E-state index contributed by atoms with van der Waals surface area (Å²) in [6, 6.07) is 13.6. The van der Waals surface area contributed by atoms with E-state index in [1.54, 1.807) is 11.9 Å². The minimum absolute atomic E-state index is 0.0274. The lowest BCUT2D eigenvalue weighted by molar-refractivity contribution is -0.128. The molecular weight excluding hydrogens is 350 g/mol. The molecule has 1 aromatic carbocycles. The number of amides is 1. The maximum absolute atomic E-state index is 12.1. The van der Waals surface area contributed by atoms with Gasteiger partial charge >= 0.3 is 0 Å². The van der Waals surface area contributed by atoms with E-state index in [2.05, 4.69) is 15.9 Å². The van der Waals surface area contributed by atoms with Crippen LogP contribution in [0, 0.1) is 0 Å². The molecule has 1 unspecified atom stereocenters. The Labute approximate surface area is 136 Å². The molecule has 1 saturated heterocycles. The van der Waals surface area contributed by atoms with Crippen LogP contribution in [0.1, 0.15) is 28.9 Å². The molecule has 0 aliphatic carbocycles. The third kappa shape index (κ3) is 2.78. The molecule has 3 nitrogen and oxygen atoms in total. The molecule has 1 aromatic heterocycles. The quantitative estimate of drug-likeness (QED) is 0.903. The van der Waals surface area contributed by atoms with E-state index < -0.39 is 6.10 Å². The molecule has 1 aliphatic rings. The summed E-state index contributed by atoms with van der Waals surface area (Å²) in [4.78, 5) is 14.7. The number of aliphatic hydroxyl groups is 1. The first-order valence-electron chi connectivity index (χ1n) is 6.82. The first-order chi connectivity index (χ1) is 10.1. The summed E-state index contributed by atoms with van der Waals surface area (Å²) in [6.45, 7) is 0. The summed E-state index contributed by atoms with van der Waals surface area (Å²) < 4.78 is 0.986. The molecule has 2 aromatic rings. The summed E-state index contributed by atoms with van der Waals surface area (Å²) in [6.07, 6.45) is -0.211. The third-order valence-electron chi connectivity index (χ3n) is 4.08. The highest BCUT2D eigenvalue weighted by Crippen LogP contribution is 2.41. The van der Waals surface area contributed by atoms with Gasteiger partial charge in [-0.05, 0) is 33.6 Å². The second kappa shape index (κ2) is 5.91. The van der Waals surface area contributed by atoms with Crippen LogP contribution in [0.5, 0.6) is 0 Å². The Morgan fingerprint density at radius 1 is 1.29 bits per heavy atom. The normalized spacial score (nSPS) is 23.6. The Kier molecular flexibility index (Phi) is 4.15. The Bertz CT molecular complexity index is 643. The van der Waals surface area contributed by atoms with Gasteiger partial charge in [0.05, 0.1) is 9.83 Å². The number of halogens is 1. The van der Waals surface area contributed by atoms with Crippen molar-refractivity contribution in [3.63, 3.8) is 0 Å². The molecule has 5 heteroatoms. The van der Waals surface area contributed by atoms with E-state index in [0.717, 1.165) is 14.2 Å². The van der Waals surface area contributed by atoms with Crippen molar-refractivity contribution in [2.24, 2.45) is 0 Å². The van der Waals surface area contributed by atoms with Crippen LogP contribution in [0.4, 0.5) is 0 Å². The second-order valence-corrected chi connectivity index (χ2v) is 7.80. The number of rotatable bonds is 3. The number of hydrogen-bond acceptors (Lipinski definition) is 3. The maximum atomic E-state index is 12.1. The number of benzene rings is 1. The number of likely N-dealkylation sites (tertiary alicyclic amines) is 1. The summed E-state index contributed by atoms with van der Waals surface area (Å²) in [5, 5.41) is 10.7. The molecule has 0 bridgehead atoms. The summed E-state index contributed by atoms with van der Waals surface area (Å²) in [5.74, 6) is 0.114. The van der Waals surface area contributed by atoms with Crippen molar-refractivity contribution < 1.29 is 9.90 Å². The Morgan fingerprint density at radius 3 is 2.62 bits per heavy atom. The first kappa shape index (κ1) is 14.8. The van der Waals surface area contributed by atoms with E-state index in [1.165, 1.54) is 11.3 Å². The minimum atomic E-state index is -0.664. The fourth-order valence-electron chi connectivity index (χ4n) is 2.99. The Morgan fingerprint density at radius 2 is 2.00 bits per heavy atom. The van der Waals surface area contributed by atoms with E-state index in [-0.39, 0.29) is 17.9 Å². The predicted molar refractivity (Wildman–Crippen MR) is 87.3 cm³/mol. The fraction of sp³-hybridized carbons (Fsp3) is 0.312. The molecule has 1 N–H and O–H groups in total. The largest absolute Gasteiger partial charge is 0.385 e. The summed E-state index contributed by atoms with van der Waals surface area (Å²) in [7, 11) is 1.78. The first-order valence-corrected chi connectivity index (χ1v) is 8.43. The number of aliphatic hydroxyl groups excluding tert-OH is 1. The smallest absolute Gasteiger partial charge is 0.223 e. The van der Waals surface area contributed by atoms with E-state index >= 15 is 0 Å². The molecule has 3 atom stereocenters. The zero-order chi connectivity index (χ0) is 15.0. The second-order valence-electron chi connectivity index (χ2n) is 5.30. The van der Waals surface area contributed by atoms with Gasteiger partial charge in [-0.25, -0.2) is 0 Å². The fourth-order valence-corrected chi connectivity index (χ4v) is 4.44. The van der Waals surface area contributed by atoms with Crippen molar-refractivity contribution >= 4 is 33.2 Å². The molecule has 2 heterocycles. The molecule has 21 heavy (non-hydrogen) atoms. The van der Waals surface area contributed by atoms with Gasteiger partial charge in [-0.15, -0.1) is 11.3 Å². The highest BCUT2D eigenvalue weighted by molar-refractivity contribution is 9.11. The van der Waals surface area contributed by atoms with E-state index in [9.17, 15) is 9.90 Å². The predicted octanol–water partition coefficient (Wildman–Crippen LogP) is 3.56. The van der Waals surface area contributed by atoms with Crippen molar-refractivity contribution in [2.75, 3.05) is 7.05 Å². The molecule has 0 saturated carbocycles. The van der Waals surface area contributed by atoms with E-state index in [4.69, 9.17) is 0 Å². The number of likely N-dealkylation sites (N-methyl/N-ethyl adjacent to an activating group) is 1. The van der Waals surface area contributed by atoms with Gasteiger partial charge in [0.25, 0.3) is 0 Å². The van der Waals surface area contributed by atoms with Gasteiger partial charge in [-0.2, -0.15) is 0 Å². The van der Waals surface area contributed by atoms with Crippen LogP contribution in [0.2, 0.25) is 0 Å². The van der Waals surface area contributed by atoms with Crippen molar-refractivity contribution in [3.05, 3.63) is 56.7 Å². The average Bonchev–Trinajstić information content (AvgIpc) is 3.04. The average molecular weight is 366 g/mol. The molecule has 3 rings (SSSR count). The van der Waals surface area contributed by atoms with Crippen LogP contribution in [0.15, 0.2) is 46.3 Å². The van der Waals surface area contributed by atoms with E-state index in [0.29, 0.717) is 6.42 Å². The lowest BCUT2D eigenvalue weighted by Crippen LogP contribution is -2.36. The van der Waals surface area contributed by atoms with Crippen molar-refractivity contribution in [2.45, 2.75) is 24.5 Å². The van der Waals surface area contributed by atoms with Gasteiger partial charge in [0.2, 0.25) is 5.91 Å². The van der Waals surface area contributed by atoms with Crippen LogP contribution < -0.4 is 0 Å². The molecular formula is C16H16BrNO2S. The van der Waals surface area contributed by atoms with Crippen LogP contribution >= 0.6 is 27.3 Å². The standard InChI is InChI=1S/C16H16BrNO2S/c1-18-14(19)9-11(10-5-3-2-4-6-10)15(18)16(20)12-7-8-13(17)21-12/h2-8,11,15-16,20H,9H2,1H3/t11-,15-,16?/m1/s1. The van der Waals surface area contributed by atoms with Crippen molar-refractivity contribution in [3.8, 4) is 0 Å². The van der Waals surface area contributed by atoms with Gasteiger partial charge in [0.15, 0.2) is 0 Å². The molecule has 0 spiro atoms.